The van der Waals surface area contributed by atoms with Crippen molar-refractivity contribution in [2.45, 2.75) is 12.8 Å². The van der Waals surface area contributed by atoms with Crippen LogP contribution in [0.1, 0.15) is 12.0 Å². The molecule has 0 amide bonds. The van der Waals surface area contributed by atoms with Crippen LogP contribution in [0.5, 0.6) is 5.75 Å². The van der Waals surface area contributed by atoms with E-state index in [1.54, 1.807) is 31.4 Å². The molecule has 0 aliphatic carbocycles. The van der Waals surface area contributed by atoms with E-state index in [1.807, 2.05) is 0 Å². The maximum atomic E-state index is 11.5. The molecule has 0 aliphatic rings. The van der Waals surface area contributed by atoms with Crippen molar-refractivity contribution in [1.29, 1.82) is 0 Å². The van der Waals surface area contributed by atoms with E-state index in [2.05, 4.69) is 0 Å². The van der Waals surface area contributed by atoms with Gasteiger partial charge in [0.2, 0.25) is 0 Å². The lowest BCUT2D eigenvalue weighted by Gasteiger charge is -2.04. The number of carboxylic acids is 1. The van der Waals surface area contributed by atoms with E-state index in [9.17, 15) is 13.2 Å². The van der Waals surface area contributed by atoms with E-state index < -0.39 is 15.8 Å². The highest BCUT2D eigenvalue weighted by Gasteiger charge is 2.13. The topological polar surface area (TPSA) is 80.7 Å². The smallest absolute Gasteiger partial charge is 0.304 e. The monoisotopic (exact) mass is 272 g/mol. The second kappa shape index (κ2) is 6.39. The normalized spacial score (nSPS) is 11.2. The van der Waals surface area contributed by atoms with E-state index in [0.717, 1.165) is 5.56 Å². The van der Waals surface area contributed by atoms with Crippen molar-refractivity contribution in [3.8, 4) is 5.75 Å². The summed E-state index contributed by atoms with van der Waals surface area (Å²) >= 11 is 0. The van der Waals surface area contributed by atoms with Crippen molar-refractivity contribution in [3.05, 3.63) is 29.8 Å². The zero-order chi connectivity index (χ0) is 13.6. The molecule has 0 unspecified atom stereocenters. The molecule has 0 fully saturated rings. The molecular weight excluding hydrogens is 256 g/mol. The number of hydrogen-bond acceptors (Lipinski definition) is 4. The fourth-order valence-corrected chi connectivity index (χ4v) is 2.65. The molecule has 18 heavy (non-hydrogen) atoms. The predicted molar refractivity (Wildman–Crippen MR) is 67.6 cm³/mol. The van der Waals surface area contributed by atoms with Crippen molar-refractivity contribution in [1.82, 2.24) is 0 Å². The van der Waals surface area contributed by atoms with Crippen molar-refractivity contribution in [3.63, 3.8) is 0 Å². The number of rotatable bonds is 7. The molecule has 1 aromatic carbocycles. The summed E-state index contributed by atoms with van der Waals surface area (Å²) in [7, 11) is -1.74. The van der Waals surface area contributed by atoms with Crippen LogP contribution in [0.4, 0.5) is 0 Å². The van der Waals surface area contributed by atoms with Gasteiger partial charge in [-0.15, -0.1) is 0 Å². The molecule has 1 aromatic rings. The number of ether oxygens (including phenoxy) is 1. The maximum Gasteiger partial charge on any atom is 0.304 e. The van der Waals surface area contributed by atoms with Crippen molar-refractivity contribution < 1.29 is 23.1 Å². The Bertz CT molecular complexity index is 490. The molecule has 0 aliphatic heterocycles. The molecule has 6 heteroatoms. The Hall–Kier alpha value is -1.56. The number of carboxylic acid groups (broad SMARTS) is 1. The average Bonchev–Trinajstić information content (AvgIpc) is 2.35. The van der Waals surface area contributed by atoms with Crippen LogP contribution in [0, 0.1) is 0 Å². The summed E-state index contributed by atoms with van der Waals surface area (Å²) in [5, 5.41) is 8.44. The van der Waals surface area contributed by atoms with Crippen LogP contribution in [0.25, 0.3) is 0 Å². The summed E-state index contributed by atoms with van der Waals surface area (Å²) < 4.78 is 28.1. The zero-order valence-electron chi connectivity index (χ0n) is 10.1. The van der Waals surface area contributed by atoms with Gasteiger partial charge in [-0.2, -0.15) is 0 Å². The molecule has 0 bridgehead atoms. The summed E-state index contributed by atoms with van der Waals surface area (Å²) in [5.74, 6) is -0.721. The predicted octanol–water partition coefficient (Wildman–Crippen LogP) is 1.13. The lowest BCUT2D eigenvalue weighted by Crippen LogP contribution is -2.15. The third-order valence-electron chi connectivity index (χ3n) is 2.49. The minimum Gasteiger partial charge on any atom is -0.497 e. The SMILES string of the molecule is COc1ccc(CCS(=O)(=O)CCC(=O)O)cc1. The Labute approximate surface area is 106 Å². The van der Waals surface area contributed by atoms with Gasteiger partial charge in [0.15, 0.2) is 9.84 Å². The summed E-state index contributed by atoms with van der Waals surface area (Å²) in [6, 6.07) is 7.12. The first-order valence-electron chi connectivity index (χ1n) is 5.48. The van der Waals surface area contributed by atoms with E-state index in [-0.39, 0.29) is 17.9 Å². The second-order valence-corrected chi connectivity index (χ2v) is 6.20. The molecule has 0 saturated carbocycles. The molecule has 100 valence electrons. The van der Waals surface area contributed by atoms with Crippen molar-refractivity contribution in [2.75, 3.05) is 18.6 Å². The number of carbonyl (C=O) groups is 1. The lowest BCUT2D eigenvalue weighted by molar-refractivity contribution is -0.136. The van der Waals surface area contributed by atoms with Gasteiger partial charge in [0.05, 0.1) is 25.0 Å². The molecule has 0 radical (unpaired) electrons. The first-order valence-corrected chi connectivity index (χ1v) is 7.30. The molecule has 1 rings (SSSR count). The van der Waals surface area contributed by atoms with E-state index >= 15 is 0 Å². The van der Waals surface area contributed by atoms with E-state index in [4.69, 9.17) is 9.84 Å². The zero-order valence-corrected chi connectivity index (χ0v) is 10.9. The number of methoxy groups -OCH3 is 1. The number of sulfone groups is 1. The Morgan fingerprint density at radius 2 is 1.83 bits per heavy atom. The standard InChI is InChI=1S/C12H16O5S/c1-17-11-4-2-10(3-5-11)6-8-18(15,16)9-7-12(13)14/h2-5H,6-9H2,1H3,(H,13,14). The Morgan fingerprint density at radius 3 is 2.33 bits per heavy atom. The molecule has 0 heterocycles. The van der Waals surface area contributed by atoms with Gasteiger partial charge in [-0.05, 0) is 24.1 Å². The number of benzene rings is 1. The number of aryl methyl sites for hydroxylation is 1. The molecule has 0 atom stereocenters. The van der Waals surface area contributed by atoms with Crippen LogP contribution in [0.2, 0.25) is 0 Å². The molecular formula is C12H16O5S. The lowest BCUT2D eigenvalue weighted by atomic mass is 10.2. The largest absolute Gasteiger partial charge is 0.497 e. The summed E-state index contributed by atoms with van der Waals surface area (Å²) in [4.78, 5) is 10.3. The highest BCUT2D eigenvalue weighted by Crippen LogP contribution is 2.12. The van der Waals surface area contributed by atoms with Gasteiger partial charge in [0, 0.05) is 0 Å². The van der Waals surface area contributed by atoms with Crippen LogP contribution in [-0.2, 0) is 21.1 Å². The molecule has 0 aromatic heterocycles. The van der Waals surface area contributed by atoms with Gasteiger partial charge >= 0.3 is 5.97 Å². The van der Waals surface area contributed by atoms with Crippen LogP contribution in [0.15, 0.2) is 24.3 Å². The van der Waals surface area contributed by atoms with Gasteiger partial charge in [-0.25, -0.2) is 8.42 Å². The third-order valence-corrected chi connectivity index (χ3v) is 4.14. The first kappa shape index (κ1) is 14.5. The Kier molecular flexibility index (Phi) is 5.15. The number of aliphatic carboxylic acids is 1. The van der Waals surface area contributed by atoms with Gasteiger partial charge in [0.25, 0.3) is 0 Å². The summed E-state index contributed by atoms with van der Waals surface area (Å²) in [6.07, 6.45) is 0.0386. The third kappa shape index (κ3) is 5.18. The summed E-state index contributed by atoms with van der Waals surface area (Å²) in [6.45, 7) is 0. The highest BCUT2D eigenvalue weighted by atomic mass is 32.2. The molecule has 1 N–H and O–H groups in total. The fourth-order valence-electron chi connectivity index (χ4n) is 1.41. The molecule has 0 spiro atoms. The fraction of sp³-hybridized carbons (Fsp3) is 0.417. The van der Waals surface area contributed by atoms with E-state index in [0.29, 0.717) is 12.2 Å². The molecule has 5 nitrogen and oxygen atoms in total. The van der Waals surface area contributed by atoms with Crippen LogP contribution < -0.4 is 4.74 Å². The van der Waals surface area contributed by atoms with Crippen LogP contribution >= 0.6 is 0 Å². The Balaban J connectivity index is 2.50. The minimum atomic E-state index is -3.30. The number of hydrogen-bond donors (Lipinski definition) is 1. The van der Waals surface area contributed by atoms with Gasteiger partial charge in [-0.3, -0.25) is 4.79 Å². The maximum absolute atomic E-state index is 11.5. The van der Waals surface area contributed by atoms with Crippen molar-refractivity contribution in [2.24, 2.45) is 0 Å². The van der Waals surface area contributed by atoms with Gasteiger partial charge in [0.1, 0.15) is 5.75 Å². The minimum absolute atomic E-state index is 0.0351. The second-order valence-electron chi connectivity index (χ2n) is 3.89. The van der Waals surface area contributed by atoms with Gasteiger partial charge < -0.3 is 9.84 Å². The molecule has 0 saturated heterocycles. The highest BCUT2D eigenvalue weighted by molar-refractivity contribution is 7.91. The summed E-state index contributed by atoms with van der Waals surface area (Å²) in [5.41, 5.74) is 0.884. The van der Waals surface area contributed by atoms with Crippen LogP contribution in [0.3, 0.4) is 0 Å². The van der Waals surface area contributed by atoms with Gasteiger partial charge in [-0.1, -0.05) is 12.1 Å². The first-order chi connectivity index (χ1) is 8.43. The average molecular weight is 272 g/mol. The van der Waals surface area contributed by atoms with Crippen LogP contribution in [-0.4, -0.2) is 38.1 Å². The van der Waals surface area contributed by atoms with Crippen molar-refractivity contribution >= 4 is 15.8 Å². The van der Waals surface area contributed by atoms with E-state index in [1.165, 1.54) is 0 Å². The Morgan fingerprint density at radius 1 is 1.22 bits per heavy atom. The quantitative estimate of drug-likeness (QED) is 0.804.